The van der Waals surface area contributed by atoms with E-state index in [4.69, 9.17) is 9.47 Å². The molecule has 20 heavy (non-hydrogen) atoms. The van der Waals surface area contributed by atoms with Crippen molar-refractivity contribution in [1.29, 1.82) is 0 Å². The number of likely N-dealkylation sites (tertiary alicyclic amines) is 1. The molecule has 1 aliphatic rings. The molecule has 0 aromatic carbocycles. The zero-order chi connectivity index (χ0) is 14.8. The number of rotatable bonds is 4. The lowest BCUT2D eigenvalue weighted by atomic mass is 9.87. The molecule has 0 radical (unpaired) electrons. The standard InChI is InChI=1S/C14H23N3O3/c1-10(2)17-7-5-14(18,6-8-17)12-13(20-4)16-11(19-3)9-15-12/h9-10,18H,5-8H2,1-4H3. The third-order valence-electron chi connectivity index (χ3n) is 3.92. The Morgan fingerprint density at radius 2 is 1.90 bits per heavy atom. The SMILES string of the molecule is COc1cnc(C2(O)CCN(C(C)C)CC2)c(OC)n1. The molecule has 6 nitrogen and oxygen atoms in total. The van der Waals surface area contributed by atoms with Crippen LogP contribution in [0.3, 0.4) is 0 Å². The highest BCUT2D eigenvalue weighted by Crippen LogP contribution is 2.36. The fourth-order valence-corrected chi connectivity index (χ4v) is 2.56. The molecule has 2 rings (SSSR count). The van der Waals surface area contributed by atoms with Crippen LogP contribution >= 0.6 is 0 Å². The minimum absolute atomic E-state index is 0.338. The van der Waals surface area contributed by atoms with Crippen LogP contribution in [0.1, 0.15) is 32.4 Å². The highest BCUT2D eigenvalue weighted by Gasteiger charge is 2.38. The fraction of sp³-hybridized carbons (Fsp3) is 0.714. The third-order valence-corrected chi connectivity index (χ3v) is 3.92. The van der Waals surface area contributed by atoms with Crippen molar-refractivity contribution in [3.8, 4) is 11.8 Å². The summed E-state index contributed by atoms with van der Waals surface area (Å²) in [7, 11) is 3.05. The largest absolute Gasteiger partial charge is 0.480 e. The zero-order valence-corrected chi connectivity index (χ0v) is 12.6. The van der Waals surface area contributed by atoms with Crippen molar-refractivity contribution in [2.24, 2.45) is 0 Å². The van der Waals surface area contributed by atoms with E-state index in [0.29, 0.717) is 36.3 Å². The van der Waals surface area contributed by atoms with Gasteiger partial charge in [0.2, 0.25) is 11.8 Å². The summed E-state index contributed by atoms with van der Waals surface area (Å²) in [5.41, 5.74) is -0.472. The van der Waals surface area contributed by atoms with Gasteiger partial charge in [-0.2, -0.15) is 4.98 Å². The average molecular weight is 281 g/mol. The zero-order valence-electron chi connectivity index (χ0n) is 12.6. The summed E-state index contributed by atoms with van der Waals surface area (Å²) >= 11 is 0. The van der Waals surface area contributed by atoms with Gasteiger partial charge in [0.05, 0.1) is 20.4 Å². The smallest absolute Gasteiger partial charge is 0.241 e. The maximum absolute atomic E-state index is 10.9. The molecule has 0 saturated carbocycles. The Labute approximate surface area is 119 Å². The number of piperidine rings is 1. The van der Waals surface area contributed by atoms with Crippen LogP contribution in [0.5, 0.6) is 11.8 Å². The van der Waals surface area contributed by atoms with Gasteiger partial charge in [0.1, 0.15) is 11.3 Å². The predicted molar refractivity (Wildman–Crippen MR) is 75.0 cm³/mol. The molecule has 2 heterocycles. The van der Waals surface area contributed by atoms with E-state index >= 15 is 0 Å². The monoisotopic (exact) mass is 281 g/mol. The van der Waals surface area contributed by atoms with Gasteiger partial charge >= 0.3 is 0 Å². The van der Waals surface area contributed by atoms with Gasteiger partial charge in [-0.05, 0) is 26.7 Å². The van der Waals surface area contributed by atoms with Gasteiger partial charge < -0.3 is 19.5 Å². The minimum Gasteiger partial charge on any atom is -0.480 e. The van der Waals surface area contributed by atoms with E-state index in [9.17, 15) is 5.11 Å². The molecule has 6 heteroatoms. The lowest BCUT2D eigenvalue weighted by Gasteiger charge is -2.39. The number of aromatic nitrogens is 2. The quantitative estimate of drug-likeness (QED) is 0.894. The highest BCUT2D eigenvalue weighted by atomic mass is 16.5. The van der Waals surface area contributed by atoms with Crippen LogP contribution in [0.4, 0.5) is 0 Å². The lowest BCUT2D eigenvalue weighted by molar-refractivity contribution is -0.0376. The molecule has 0 bridgehead atoms. The Hall–Kier alpha value is -1.40. The Morgan fingerprint density at radius 1 is 1.25 bits per heavy atom. The summed E-state index contributed by atoms with van der Waals surface area (Å²) in [6.45, 7) is 6.01. The normalized spacial score (nSPS) is 19.1. The lowest BCUT2D eigenvalue weighted by Crippen LogP contribution is -2.45. The van der Waals surface area contributed by atoms with E-state index in [-0.39, 0.29) is 0 Å². The van der Waals surface area contributed by atoms with E-state index in [0.717, 1.165) is 13.1 Å². The van der Waals surface area contributed by atoms with Crippen LogP contribution in [-0.2, 0) is 5.60 Å². The second-order valence-corrected chi connectivity index (χ2v) is 5.43. The molecule has 0 unspecified atom stereocenters. The molecular weight excluding hydrogens is 258 g/mol. The van der Waals surface area contributed by atoms with Crippen molar-refractivity contribution < 1.29 is 14.6 Å². The van der Waals surface area contributed by atoms with Gasteiger partial charge in [0, 0.05) is 19.1 Å². The first-order valence-electron chi connectivity index (χ1n) is 6.92. The van der Waals surface area contributed by atoms with Crippen molar-refractivity contribution >= 4 is 0 Å². The van der Waals surface area contributed by atoms with Gasteiger partial charge in [0.15, 0.2) is 0 Å². The van der Waals surface area contributed by atoms with Crippen molar-refractivity contribution in [2.45, 2.75) is 38.3 Å². The summed E-state index contributed by atoms with van der Waals surface area (Å²) in [5.74, 6) is 0.721. The summed E-state index contributed by atoms with van der Waals surface area (Å²) < 4.78 is 10.3. The van der Waals surface area contributed by atoms with Crippen LogP contribution in [0, 0.1) is 0 Å². The summed E-state index contributed by atoms with van der Waals surface area (Å²) in [4.78, 5) is 10.9. The minimum atomic E-state index is -0.976. The molecule has 0 spiro atoms. The van der Waals surface area contributed by atoms with Crippen LogP contribution in [0.25, 0.3) is 0 Å². The van der Waals surface area contributed by atoms with E-state index in [1.807, 2.05) is 0 Å². The number of aliphatic hydroxyl groups is 1. The molecule has 1 aromatic rings. The Kier molecular flexibility index (Phi) is 4.45. The average Bonchev–Trinajstić information content (AvgIpc) is 2.46. The highest BCUT2D eigenvalue weighted by molar-refractivity contribution is 5.28. The maximum atomic E-state index is 10.9. The fourth-order valence-electron chi connectivity index (χ4n) is 2.56. The summed E-state index contributed by atoms with van der Waals surface area (Å²) in [5, 5.41) is 10.9. The third kappa shape index (κ3) is 2.86. The number of methoxy groups -OCH3 is 2. The molecule has 1 aliphatic heterocycles. The summed E-state index contributed by atoms with van der Waals surface area (Å²) in [6, 6.07) is 0.489. The molecule has 1 aromatic heterocycles. The van der Waals surface area contributed by atoms with Gasteiger partial charge in [-0.1, -0.05) is 0 Å². The number of nitrogens with zero attached hydrogens (tertiary/aromatic N) is 3. The topological polar surface area (TPSA) is 67.7 Å². The van der Waals surface area contributed by atoms with Gasteiger partial charge in [-0.3, -0.25) is 0 Å². The second-order valence-electron chi connectivity index (χ2n) is 5.43. The second kappa shape index (κ2) is 5.93. The molecule has 1 N–H and O–H groups in total. The number of hydrogen-bond donors (Lipinski definition) is 1. The Bertz CT molecular complexity index is 457. The van der Waals surface area contributed by atoms with Crippen LogP contribution < -0.4 is 9.47 Å². The predicted octanol–water partition coefficient (Wildman–Crippen LogP) is 1.19. The van der Waals surface area contributed by atoms with Gasteiger partial charge in [-0.25, -0.2) is 4.98 Å². The molecular formula is C14H23N3O3. The van der Waals surface area contributed by atoms with E-state index in [2.05, 4.69) is 28.7 Å². The Balaban J connectivity index is 2.23. The molecule has 1 fully saturated rings. The van der Waals surface area contributed by atoms with Crippen molar-refractivity contribution in [3.05, 3.63) is 11.9 Å². The molecule has 0 aliphatic carbocycles. The van der Waals surface area contributed by atoms with Crippen LogP contribution in [-0.4, -0.2) is 53.3 Å². The van der Waals surface area contributed by atoms with Crippen LogP contribution in [0.15, 0.2) is 6.20 Å². The number of ether oxygens (including phenoxy) is 2. The van der Waals surface area contributed by atoms with Crippen molar-refractivity contribution in [1.82, 2.24) is 14.9 Å². The number of hydrogen-bond acceptors (Lipinski definition) is 6. The molecule has 112 valence electrons. The first kappa shape index (κ1) is 15.0. The van der Waals surface area contributed by atoms with E-state index < -0.39 is 5.60 Å². The molecule has 0 atom stereocenters. The van der Waals surface area contributed by atoms with Crippen molar-refractivity contribution in [3.63, 3.8) is 0 Å². The molecule has 1 saturated heterocycles. The van der Waals surface area contributed by atoms with Gasteiger partial charge in [-0.15, -0.1) is 0 Å². The van der Waals surface area contributed by atoms with E-state index in [1.165, 1.54) is 20.4 Å². The first-order valence-corrected chi connectivity index (χ1v) is 6.92. The van der Waals surface area contributed by atoms with Gasteiger partial charge in [0.25, 0.3) is 0 Å². The summed E-state index contributed by atoms with van der Waals surface area (Å²) in [6.07, 6.45) is 2.77. The first-order chi connectivity index (χ1) is 9.50. The Morgan fingerprint density at radius 3 is 2.40 bits per heavy atom. The maximum Gasteiger partial charge on any atom is 0.241 e. The van der Waals surface area contributed by atoms with E-state index in [1.54, 1.807) is 0 Å². The molecule has 0 amide bonds. The van der Waals surface area contributed by atoms with Crippen molar-refractivity contribution in [2.75, 3.05) is 27.3 Å². The van der Waals surface area contributed by atoms with Crippen LogP contribution in [0.2, 0.25) is 0 Å².